The summed E-state index contributed by atoms with van der Waals surface area (Å²) in [6, 6.07) is 13.4. The van der Waals surface area contributed by atoms with Crippen LogP contribution in [0.2, 0.25) is 0 Å². The molecule has 0 spiro atoms. The van der Waals surface area contributed by atoms with Gasteiger partial charge in [-0.3, -0.25) is 4.79 Å². The molecule has 2 aromatic carbocycles. The zero-order valence-corrected chi connectivity index (χ0v) is 10.9. The molecule has 0 aromatic heterocycles. The smallest absolute Gasteiger partial charge is 0.202 e. The van der Waals surface area contributed by atoms with Gasteiger partial charge in [-0.25, -0.2) is 0 Å². The van der Waals surface area contributed by atoms with E-state index < -0.39 is 0 Å². The lowest BCUT2D eigenvalue weighted by Crippen LogP contribution is -2.12. The highest BCUT2D eigenvalue weighted by atomic mass is 16.5. The third-order valence-electron chi connectivity index (χ3n) is 2.73. The van der Waals surface area contributed by atoms with Crippen molar-refractivity contribution < 1.29 is 14.3 Å². The van der Waals surface area contributed by atoms with E-state index in [1.807, 2.05) is 0 Å². The molecule has 0 fully saturated rings. The Labute approximate surface area is 116 Å². The molecule has 0 radical (unpaired) electrons. The van der Waals surface area contributed by atoms with E-state index in [1.165, 1.54) is 13.2 Å². The summed E-state index contributed by atoms with van der Waals surface area (Å²) in [5, 5.41) is 2.83. The molecule has 0 heterocycles. The number of hydrogen-bond donors (Lipinski definition) is 0. The third-order valence-corrected chi connectivity index (χ3v) is 2.73. The van der Waals surface area contributed by atoms with Crippen LogP contribution in [0.4, 0.5) is 5.69 Å². The normalized spacial score (nSPS) is 9.85. The summed E-state index contributed by atoms with van der Waals surface area (Å²) in [6.45, 7) is -0.188. The van der Waals surface area contributed by atoms with Gasteiger partial charge in [0, 0.05) is 0 Å². The molecule has 0 saturated carbocycles. The van der Waals surface area contributed by atoms with E-state index in [-0.39, 0.29) is 23.6 Å². The summed E-state index contributed by atoms with van der Waals surface area (Å²) in [7, 11) is 1.52. The molecule has 2 rings (SSSR count). The lowest BCUT2D eigenvalue weighted by atomic mass is 10.1. The van der Waals surface area contributed by atoms with Gasteiger partial charge in [-0.2, -0.15) is 0 Å². The van der Waals surface area contributed by atoms with Gasteiger partial charge in [0.1, 0.15) is 5.69 Å². The van der Waals surface area contributed by atoms with Gasteiger partial charge in [-0.05, 0) is 29.4 Å². The average Bonchev–Trinajstić information content (AvgIpc) is 2.52. The fourth-order valence-corrected chi connectivity index (χ4v) is 1.75. The van der Waals surface area contributed by atoms with Gasteiger partial charge in [0.2, 0.25) is 5.78 Å². The van der Waals surface area contributed by atoms with Gasteiger partial charge in [-0.15, -0.1) is 4.91 Å². The van der Waals surface area contributed by atoms with Crippen molar-refractivity contribution in [2.75, 3.05) is 13.7 Å². The maximum atomic E-state index is 12.0. The standard InChI is InChI=1S/C15H13NO4/c1-19-14-8-4-5-9-15(14)20-10-13(17)11-6-2-3-7-12(11)16-18/h2-9H,10H2,1H3. The summed E-state index contributed by atoms with van der Waals surface area (Å²) in [5.41, 5.74) is 0.360. The molecular weight excluding hydrogens is 258 g/mol. The second-order valence-corrected chi connectivity index (χ2v) is 3.97. The van der Waals surface area contributed by atoms with Crippen molar-refractivity contribution in [1.82, 2.24) is 0 Å². The second-order valence-electron chi connectivity index (χ2n) is 3.97. The van der Waals surface area contributed by atoms with Crippen LogP contribution >= 0.6 is 0 Å². The van der Waals surface area contributed by atoms with E-state index in [4.69, 9.17) is 9.47 Å². The molecule has 0 saturated heterocycles. The van der Waals surface area contributed by atoms with Gasteiger partial charge < -0.3 is 9.47 Å². The minimum absolute atomic E-state index is 0.112. The summed E-state index contributed by atoms with van der Waals surface area (Å²) >= 11 is 0. The van der Waals surface area contributed by atoms with Gasteiger partial charge in [0.05, 0.1) is 12.7 Å². The molecule has 5 heteroatoms. The topological polar surface area (TPSA) is 65.0 Å². The fourth-order valence-electron chi connectivity index (χ4n) is 1.75. The second kappa shape index (κ2) is 6.47. The number of carbonyl (C=O) groups excluding carboxylic acids is 1. The van der Waals surface area contributed by atoms with Crippen LogP contribution in [0, 0.1) is 4.91 Å². The molecule has 0 atom stereocenters. The Kier molecular flexibility index (Phi) is 4.44. The summed E-state index contributed by atoms with van der Waals surface area (Å²) < 4.78 is 10.5. The van der Waals surface area contributed by atoms with Crippen LogP contribution in [-0.2, 0) is 0 Å². The van der Waals surface area contributed by atoms with Crippen molar-refractivity contribution in [3.8, 4) is 11.5 Å². The molecule has 0 unspecified atom stereocenters. The van der Waals surface area contributed by atoms with E-state index in [0.29, 0.717) is 11.5 Å². The lowest BCUT2D eigenvalue weighted by molar-refractivity contribution is 0.0920. The number of para-hydroxylation sites is 2. The maximum absolute atomic E-state index is 12.0. The Balaban J connectivity index is 2.11. The Bertz CT molecular complexity index is 625. The minimum Gasteiger partial charge on any atom is -0.493 e. The van der Waals surface area contributed by atoms with Crippen LogP contribution in [0.5, 0.6) is 11.5 Å². The van der Waals surface area contributed by atoms with Gasteiger partial charge >= 0.3 is 0 Å². The first kappa shape index (κ1) is 13.7. The molecule has 102 valence electrons. The van der Waals surface area contributed by atoms with Gasteiger partial charge in [-0.1, -0.05) is 24.3 Å². The average molecular weight is 271 g/mol. The van der Waals surface area contributed by atoms with Gasteiger partial charge in [0.15, 0.2) is 18.1 Å². The number of benzene rings is 2. The van der Waals surface area contributed by atoms with E-state index >= 15 is 0 Å². The van der Waals surface area contributed by atoms with Crippen molar-refractivity contribution in [2.45, 2.75) is 0 Å². The molecule has 0 aliphatic rings. The Morgan fingerprint density at radius 2 is 1.70 bits per heavy atom. The van der Waals surface area contributed by atoms with Crippen molar-refractivity contribution in [2.24, 2.45) is 5.18 Å². The monoisotopic (exact) mass is 271 g/mol. The van der Waals surface area contributed by atoms with E-state index in [9.17, 15) is 9.70 Å². The maximum Gasteiger partial charge on any atom is 0.202 e. The number of nitroso groups, excluding NO2 is 1. The zero-order chi connectivity index (χ0) is 14.4. The third kappa shape index (κ3) is 3.00. The Morgan fingerprint density at radius 1 is 1.05 bits per heavy atom. The van der Waals surface area contributed by atoms with Crippen LogP contribution in [0.1, 0.15) is 10.4 Å². The van der Waals surface area contributed by atoms with Crippen LogP contribution in [0.25, 0.3) is 0 Å². The summed E-state index contributed by atoms with van der Waals surface area (Å²) in [5.74, 6) is 0.702. The predicted molar refractivity (Wildman–Crippen MR) is 74.7 cm³/mol. The molecule has 0 N–H and O–H groups in total. The number of ether oxygens (including phenoxy) is 2. The van der Waals surface area contributed by atoms with Crippen molar-refractivity contribution in [3.05, 3.63) is 59.0 Å². The number of nitrogens with zero attached hydrogens (tertiary/aromatic N) is 1. The predicted octanol–water partition coefficient (Wildman–Crippen LogP) is 3.35. The number of rotatable bonds is 6. The first-order valence-electron chi connectivity index (χ1n) is 5.97. The fraction of sp³-hybridized carbons (Fsp3) is 0.133. The van der Waals surface area contributed by atoms with E-state index in [1.54, 1.807) is 42.5 Å². The zero-order valence-electron chi connectivity index (χ0n) is 10.9. The van der Waals surface area contributed by atoms with Crippen LogP contribution < -0.4 is 9.47 Å². The van der Waals surface area contributed by atoms with Crippen LogP contribution in [-0.4, -0.2) is 19.5 Å². The molecule has 20 heavy (non-hydrogen) atoms. The molecular formula is C15H13NO4. The first-order chi connectivity index (χ1) is 9.76. The van der Waals surface area contributed by atoms with Crippen molar-refractivity contribution >= 4 is 11.5 Å². The summed E-state index contributed by atoms with van der Waals surface area (Å²) in [6.07, 6.45) is 0. The molecule has 0 aliphatic heterocycles. The van der Waals surface area contributed by atoms with E-state index in [0.717, 1.165) is 0 Å². The molecule has 0 aliphatic carbocycles. The highest BCUT2D eigenvalue weighted by molar-refractivity contribution is 6.01. The molecule has 0 bridgehead atoms. The van der Waals surface area contributed by atoms with Crippen molar-refractivity contribution in [1.29, 1.82) is 0 Å². The highest BCUT2D eigenvalue weighted by Gasteiger charge is 2.13. The Hall–Kier alpha value is -2.69. The molecule has 2 aromatic rings. The summed E-state index contributed by atoms with van der Waals surface area (Å²) in [4.78, 5) is 22.7. The SMILES string of the molecule is COc1ccccc1OCC(=O)c1ccccc1N=O. The lowest BCUT2D eigenvalue weighted by Gasteiger charge is -2.09. The van der Waals surface area contributed by atoms with E-state index in [2.05, 4.69) is 5.18 Å². The van der Waals surface area contributed by atoms with Crippen LogP contribution in [0.15, 0.2) is 53.7 Å². The number of ketones is 1. The number of hydrogen-bond acceptors (Lipinski definition) is 5. The largest absolute Gasteiger partial charge is 0.493 e. The van der Waals surface area contributed by atoms with Gasteiger partial charge in [0.25, 0.3) is 0 Å². The number of Topliss-reactive ketones (excluding diaryl/α,β-unsaturated/α-hetero) is 1. The molecule has 0 amide bonds. The molecule has 5 nitrogen and oxygen atoms in total. The Morgan fingerprint density at radius 3 is 2.40 bits per heavy atom. The highest BCUT2D eigenvalue weighted by Crippen LogP contribution is 2.26. The van der Waals surface area contributed by atoms with Crippen LogP contribution in [0.3, 0.4) is 0 Å². The quantitative estimate of drug-likeness (QED) is 0.597. The van der Waals surface area contributed by atoms with Crippen molar-refractivity contribution in [3.63, 3.8) is 0 Å². The number of carbonyl (C=O) groups is 1. The number of methoxy groups -OCH3 is 1. The first-order valence-corrected chi connectivity index (χ1v) is 5.97. The minimum atomic E-state index is -0.314.